The number of nitrogens with zero attached hydrogens (tertiary/aromatic N) is 3. The Morgan fingerprint density at radius 2 is 1.56 bits per heavy atom. The van der Waals surface area contributed by atoms with Crippen LogP contribution in [0, 0.1) is 11.6 Å². The monoisotopic (exact) mass is 407 g/mol. The summed E-state index contributed by atoms with van der Waals surface area (Å²) < 4.78 is 52.8. The van der Waals surface area contributed by atoms with Gasteiger partial charge in [-0.3, -0.25) is 4.98 Å². The van der Waals surface area contributed by atoms with Crippen LogP contribution in [-0.2, 0) is 10.0 Å². The fourth-order valence-corrected chi connectivity index (χ4v) is 4.68. The van der Waals surface area contributed by atoms with Crippen molar-refractivity contribution in [3.8, 4) is 0 Å². The predicted molar refractivity (Wildman–Crippen MR) is 91.6 cm³/mol. The molecule has 0 saturated carbocycles. The van der Waals surface area contributed by atoms with E-state index in [-0.39, 0.29) is 18.0 Å². The van der Waals surface area contributed by atoms with E-state index in [1.807, 2.05) is 4.90 Å². The molecule has 1 aliphatic rings. The first kappa shape index (κ1) is 18.3. The minimum atomic E-state index is -3.91. The maximum absolute atomic E-state index is 13.3. The molecule has 1 aromatic heterocycles. The molecule has 25 heavy (non-hydrogen) atoms. The highest BCUT2D eigenvalue weighted by Crippen LogP contribution is 2.33. The predicted octanol–water partition coefficient (Wildman–Crippen LogP) is 3.18. The Balaban J connectivity index is 1.78. The maximum atomic E-state index is 13.3. The molecule has 0 aliphatic carbocycles. The molecule has 134 valence electrons. The first-order valence-corrected chi connectivity index (χ1v) is 9.49. The number of piperazine rings is 1. The Morgan fingerprint density at radius 3 is 2.12 bits per heavy atom. The van der Waals surface area contributed by atoms with Gasteiger partial charge in [0, 0.05) is 38.6 Å². The fourth-order valence-electron chi connectivity index (χ4n) is 2.65. The first-order valence-electron chi connectivity index (χ1n) is 7.30. The Morgan fingerprint density at radius 1 is 0.960 bits per heavy atom. The van der Waals surface area contributed by atoms with Gasteiger partial charge in [0.1, 0.15) is 0 Å². The SMILES string of the molecule is O=S(=O)(c1ccc(F)c(F)c1)N1CCN(c2c(Cl)cncc2Cl)CC1. The molecule has 0 spiro atoms. The quantitative estimate of drug-likeness (QED) is 0.783. The lowest BCUT2D eigenvalue weighted by atomic mass is 10.3. The minimum Gasteiger partial charge on any atom is -0.366 e. The largest absolute Gasteiger partial charge is 0.366 e. The van der Waals surface area contributed by atoms with Crippen molar-refractivity contribution in [2.75, 3.05) is 31.1 Å². The lowest BCUT2D eigenvalue weighted by Crippen LogP contribution is -2.48. The van der Waals surface area contributed by atoms with Gasteiger partial charge in [-0.2, -0.15) is 4.31 Å². The van der Waals surface area contributed by atoms with E-state index in [2.05, 4.69) is 4.98 Å². The molecule has 10 heteroatoms. The van der Waals surface area contributed by atoms with Gasteiger partial charge in [0.15, 0.2) is 11.6 Å². The second kappa shape index (κ2) is 7.03. The molecule has 1 aliphatic heterocycles. The van der Waals surface area contributed by atoms with Crippen molar-refractivity contribution < 1.29 is 17.2 Å². The van der Waals surface area contributed by atoms with Gasteiger partial charge < -0.3 is 4.90 Å². The van der Waals surface area contributed by atoms with Gasteiger partial charge in [0.2, 0.25) is 10.0 Å². The standard InChI is InChI=1S/C15H13Cl2F2N3O2S/c16-11-8-20-9-12(17)15(11)21-3-5-22(6-4-21)25(23,24)10-1-2-13(18)14(19)7-10/h1-2,7-9H,3-6H2. The molecule has 1 saturated heterocycles. The fraction of sp³-hybridized carbons (Fsp3) is 0.267. The Bertz CT molecular complexity index is 883. The molecule has 2 heterocycles. The van der Waals surface area contributed by atoms with Crippen molar-refractivity contribution in [3.63, 3.8) is 0 Å². The molecular formula is C15H13Cl2F2N3O2S. The summed E-state index contributed by atoms with van der Waals surface area (Å²) in [6.07, 6.45) is 2.93. The molecule has 0 atom stereocenters. The number of halogens is 4. The van der Waals surface area contributed by atoms with Gasteiger partial charge in [-0.25, -0.2) is 17.2 Å². The zero-order valence-electron chi connectivity index (χ0n) is 12.8. The van der Waals surface area contributed by atoms with Gasteiger partial charge in [0.25, 0.3) is 0 Å². The lowest BCUT2D eigenvalue weighted by molar-refractivity contribution is 0.384. The summed E-state index contributed by atoms with van der Waals surface area (Å²) >= 11 is 12.2. The van der Waals surface area contributed by atoms with E-state index in [0.29, 0.717) is 34.9 Å². The van der Waals surface area contributed by atoms with E-state index in [1.54, 1.807) is 0 Å². The molecule has 2 aromatic rings. The van der Waals surface area contributed by atoms with Crippen molar-refractivity contribution in [1.82, 2.24) is 9.29 Å². The molecule has 1 aromatic carbocycles. The summed E-state index contributed by atoms with van der Waals surface area (Å²) in [6.45, 7) is 1.03. The summed E-state index contributed by atoms with van der Waals surface area (Å²) in [4.78, 5) is 5.47. The van der Waals surface area contributed by atoms with Crippen molar-refractivity contribution in [3.05, 3.63) is 52.3 Å². The van der Waals surface area contributed by atoms with E-state index in [9.17, 15) is 17.2 Å². The average Bonchev–Trinajstić information content (AvgIpc) is 2.57. The highest BCUT2D eigenvalue weighted by Gasteiger charge is 2.30. The van der Waals surface area contributed by atoms with Crippen LogP contribution in [0.1, 0.15) is 0 Å². The third kappa shape index (κ3) is 3.57. The molecule has 0 unspecified atom stereocenters. The van der Waals surface area contributed by atoms with Crippen molar-refractivity contribution >= 4 is 38.9 Å². The summed E-state index contributed by atoms with van der Waals surface area (Å²) in [5.74, 6) is -2.29. The lowest BCUT2D eigenvalue weighted by Gasteiger charge is -2.36. The van der Waals surface area contributed by atoms with Gasteiger partial charge in [-0.1, -0.05) is 23.2 Å². The van der Waals surface area contributed by atoms with Gasteiger partial charge in [-0.15, -0.1) is 0 Å². The maximum Gasteiger partial charge on any atom is 0.243 e. The zero-order chi connectivity index (χ0) is 18.2. The minimum absolute atomic E-state index is 0.163. The second-order valence-electron chi connectivity index (χ2n) is 5.42. The Hall–Kier alpha value is -1.48. The van der Waals surface area contributed by atoms with E-state index in [1.165, 1.54) is 16.7 Å². The molecule has 3 rings (SSSR count). The Kier molecular flexibility index (Phi) is 5.15. The highest BCUT2D eigenvalue weighted by molar-refractivity contribution is 7.89. The number of sulfonamides is 1. The number of hydrogen-bond donors (Lipinski definition) is 0. The number of pyridine rings is 1. The van der Waals surface area contributed by atoms with Crippen LogP contribution in [0.15, 0.2) is 35.5 Å². The zero-order valence-corrected chi connectivity index (χ0v) is 15.1. The van der Waals surface area contributed by atoms with E-state index < -0.39 is 21.7 Å². The summed E-state index contributed by atoms with van der Waals surface area (Å²) in [7, 11) is -3.91. The third-order valence-corrected chi connectivity index (χ3v) is 6.36. The number of benzene rings is 1. The van der Waals surface area contributed by atoms with Crippen molar-refractivity contribution in [2.24, 2.45) is 0 Å². The molecule has 0 N–H and O–H groups in total. The molecule has 5 nitrogen and oxygen atoms in total. The summed E-state index contributed by atoms with van der Waals surface area (Å²) in [6, 6.07) is 2.54. The van der Waals surface area contributed by atoms with Crippen LogP contribution < -0.4 is 4.90 Å². The molecule has 0 bridgehead atoms. The molecule has 1 fully saturated rings. The second-order valence-corrected chi connectivity index (χ2v) is 8.17. The van der Waals surface area contributed by atoms with Crippen molar-refractivity contribution in [1.29, 1.82) is 0 Å². The van der Waals surface area contributed by atoms with Crippen LogP contribution >= 0.6 is 23.2 Å². The van der Waals surface area contributed by atoms with Gasteiger partial charge in [-0.05, 0) is 18.2 Å². The van der Waals surface area contributed by atoms with Crippen LogP contribution in [0.2, 0.25) is 10.0 Å². The molecule has 0 radical (unpaired) electrons. The Labute approximate surface area is 153 Å². The van der Waals surface area contributed by atoms with Crippen LogP contribution in [0.5, 0.6) is 0 Å². The summed E-state index contributed by atoms with van der Waals surface area (Å²) in [5.41, 5.74) is 0.600. The number of anilines is 1. The van der Waals surface area contributed by atoms with E-state index >= 15 is 0 Å². The smallest absolute Gasteiger partial charge is 0.243 e. The third-order valence-electron chi connectivity index (χ3n) is 3.91. The normalized spacial score (nSPS) is 16.2. The van der Waals surface area contributed by atoms with Crippen LogP contribution in [0.4, 0.5) is 14.5 Å². The van der Waals surface area contributed by atoms with Gasteiger partial charge >= 0.3 is 0 Å². The van der Waals surface area contributed by atoms with E-state index in [0.717, 1.165) is 12.1 Å². The summed E-state index contributed by atoms with van der Waals surface area (Å²) in [5, 5.41) is 0.758. The number of aromatic nitrogens is 1. The van der Waals surface area contributed by atoms with E-state index in [4.69, 9.17) is 23.2 Å². The first-order chi connectivity index (χ1) is 11.8. The molecule has 0 amide bonds. The van der Waals surface area contributed by atoms with Crippen LogP contribution in [0.3, 0.4) is 0 Å². The number of hydrogen-bond acceptors (Lipinski definition) is 4. The average molecular weight is 408 g/mol. The van der Waals surface area contributed by atoms with Crippen LogP contribution in [-0.4, -0.2) is 43.9 Å². The number of rotatable bonds is 3. The topological polar surface area (TPSA) is 53.5 Å². The van der Waals surface area contributed by atoms with Gasteiger partial charge in [0.05, 0.1) is 20.6 Å². The highest BCUT2D eigenvalue weighted by atomic mass is 35.5. The molecular weight excluding hydrogens is 395 g/mol. The van der Waals surface area contributed by atoms with Crippen molar-refractivity contribution in [2.45, 2.75) is 4.90 Å². The van der Waals surface area contributed by atoms with Crippen LogP contribution in [0.25, 0.3) is 0 Å².